The zero-order chi connectivity index (χ0) is 17.9. The maximum atomic E-state index is 12.2. The highest BCUT2D eigenvalue weighted by Crippen LogP contribution is 2.13. The lowest BCUT2D eigenvalue weighted by Gasteiger charge is -2.23. The van der Waals surface area contributed by atoms with Gasteiger partial charge in [0.05, 0.1) is 32.6 Å². The molecule has 24 heavy (non-hydrogen) atoms. The number of nitrogens with one attached hydrogen (secondary N) is 1. The van der Waals surface area contributed by atoms with Gasteiger partial charge >= 0.3 is 17.9 Å². The van der Waals surface area contributed by atoms with E-state index in [0.717, 1.165) is 0 Å². The van der Waals surface area contributed by atoms with Crippen molar-refractivity contribution in [3.8, 4) is 0 Å². The van der Waals surface area contributed by atoms with Crippen LogP contribution < -0.4 is 5.32 Å². The maximum Gasteiger partial charge on any atom is 0.324 e. The van der Waals surface area contributed by atoms with Crippen LogP contribution in [0, 0.1) is 5.92 Å². The lowest BCUT2D eigenvalue weighted by Crippen LogP contribution is -2.50. The average Bonchev–Trinajstić information content (AvgIpc) is 3.05. The average molecular weight is 341 g/mol. The summed E-state index contributed by atoms with van der Waals surface area (Å²) >= 11 is 0. The van der Waals surface area contributed by atoms with Gasteiger partial charge in [0.25, 0.3) is 0 Å². The molecule has 8 nitrogen and oxygen atoms in total. The summed E-state index contributed by atoms with van der Waals surface area (Å²) in [7, 11) is 0. The highest BCUT2D eigenvalue weighted by atomic mass is 16.6. The van der Waals surface area contributed by atoms with Crippen LogP contribution in [0.15, 0.2) is 22.8 Å². The summed E-state index contributed by atoms with van der Waals surface area (Å²) in [5, 5.41) is 2.82. The summed E-state index contributed by atoms with van der Waals surface area (Å²) in [5.41, 5.74) is 0. The van der Waals surface area contributed by atoms with Crippen LogP contribution in [0.5, 0.6) is 0 Å². The number of hydrogen-bond acceptors (Lipinski definition) is 8. The number of esters is 3. The number of furan rings is 1. The van der Waals surface area contributed by atoms with Crippen molar-refractivity contribution in [2.24, 2.45) is 5.92 Å². The van der Waals surface area contributed by atoms with Crippen molar-refractivity contribution in [3.05, 3.63) is 24.2 Å². The Morgan fingerprint density at radius 1 is 1.00 bits per heavy atom. The van der Waals surface area contributed by atoms with Crippen LogP contribution in [-0.4, -0.2) is 43.8 Å². The molecule has 0 aliphatic heterocycles. The highest BCUT2D eigenvalue weighted by molar-refractivity contribution is 6.00. The Balaban J connectivity index is 3.00. The largest absolute Gasteiger partial charge is 0.468 e. The summed E-state index contributed by atoms with van der Waals surface area (Å²) in [6.45, 7) is 5.23. The van der Waals surface area contributed by atoms with E-state index in [1.54, 1.807) is 32.9 Å². The zero-order valence-electron chi connectivity index (χ0n) is 14.1. The molecule has 1 N–H and O–H groups in total. The minimum atomic E-state index is -1.46. The van der Waals surface area contributed by atoms with Crippen molar-refractivity contribution in [1.82, 2.24) is 5.32 Å². The van der Waals surface area contributed by atoms with Gasteiger partial charge in [-0.25, -0.2) is 0 Å². The Bertz CT molecular complexity index is 509. The summed E-state index contributed by atoms with van der Waals surface area (Å²) in [5.74, 6) is -3.35. The second-order valence-electron chi connectivity index (χ2n) is 4.67. The van der Waals surface area contributed by atoms with Crippen molar-refractivity contribution in [2.45, 2.75) is 33.4 Å². The normalized spacial score (nSPS) is 11.8. The first kappa shape index (κ1) is 19.7. The van der Waals surface area contributed by atoms with E-state index in [-0.39, 0.29) is 26.4 Å². The molecular formula is C16H23NO7. The van der Waals surface area contributed by atoms with Crippen LogP contribution >= 0.6 is 0 Å². The molecule has 0 aromatic carbocycles. The predicted octanol–water partition coefficient (Wildman–Crippen LogP) is 1.04. The molecule has 0 aliphatic rings. The maximum absolute atomic E-state index is 12.2. The van der Waals surface area contributed by atoms with Crippen LogP contribution in [0.2, 0.25) is 0 Å². The number of hydrogen-bond donors (Lipinski definition) is 1. The first-order chi connectivity index (χ1) is 11.5. The van der Waals surface area contributed by atoms with Crippen LogP contribution in [0.1, 0.15) is 26.5 Å². The first-order valence-electron chi connectivity index (χ1n) is 7.80. The van der Waals surface area contributed by atoms with Crippen molar-refractivity contribution < 1.29 is 33.0 Å². The molecule has 0 fully saturated rings. The van der Waals surface area contributed by atoms with Gasteiger partial charge in [-0.05, 0) is 32.9 Å². The fourth-order valence-corrected chi connectivity index (χ4v) is 2.03. The monoisotopic (exact) mass is 341 g/mol. The molecule has 0 amide bonds. The van der Waals surface area contributed by atoms with Crippen molar-refractivity contribution in [1.29, 1.82) is 0 Å². The fraction of sp³-hybridized carbons (Fsp3) is 0.562. The molecule has 1 aromatic heterocycles. The fourth-order valence-electron chi connectivity index (χ4n) is 2.03. The number of carbonyl (C=O) groups excluding carboxylic acids is 3. The summed E-state index contributed by atoms with van der Waals surface area (Å²) in [6, 6.07) is 2.14. The molecule has 0 spiro atoms. The van der Waals surface area contributed by atoms with Crippen molar-refractivity contribution >= 4 is 17.9 Å². The Morgan fingerprint density at radius 3 is 2.00 bits per heavy atom. The standard InChI is InChI=1S/C16H23NO7/c1-4-21-14(18)12(15(19)22-5-2)13(16(20)23-6-3)17-10-11-8-7-9-24-11/h7-9,12-13,17H,4-6,10H2,1-3H3/t13-/m0/s1. The lowest BCUT2D eigenvalue weighted by molar-refractivity contribution is -0.168. The molecule has 0 saturated carbocycles. The second-order valence-corrected chi connectivity index (χ2v) is 4.67. The minimum Gasteiger partial charge on any atom is -0.468 e. The third kappa shape index (κ3) is 5.69. The Hall–Kier alpha value is -2.35. The summed E-state index contributed by atoms with van der Waals surface area (Å²) in [6.07, 6.45) is 1.48. The van der Waals surface area contributed by atoms with E-state index in [1.165, 1.54) is 6.26 Å². The zero-order valence-corrected chi connectivity index (χ0v) is 14.1. The number of ether oxygens (including phenoxy) is 3. The molecule has 0 bridgehead atoms. The Morgan fingerprint density at radius 2 is 1.54 bits per heavy atom. The van der Waals surface area contributed by atoms with Crippen LogP contribution in [0.25, 0.3) is 0 Å². The van der Waals surface area contributed by atoms with Gasteiger partial charge in [0.1, 0.15) is 11.8 Å². The Kier molecular flexibility index (Phi) is 8.56. The molecule has 1 atom stereocenters. The molecule has 1 rings (SSSR count). The molecule has 0 saturated heterocycles. The Labute approximate surface area is 140 Å². The highest BCUT2D eigenvalue weighted by Gasteiger charge is 2.42. The lowest BCUT2D eigenvalue weighted by atomic mass is 9.99. The summed E-state index contributed by atoms with van der Waals surface area (Å²) < 4.78 is 19.9. The third-order valence-corrected chi connectivity index (χ3v) is 3.03. The number of carbonyl (C=O) groups is 3. The van der Waals surface area contributed by atoms with Crippen LogP contribution in [-0.2, 0) is 35.1 Å². The van der Waals surface area contributed by atoms with Gasteiger partial charge in [-0.1, -0.05) is 0 Å². The molecular weight excluding hydrogens is 318 g/mol. The molecule has 0 aliphatic carbocycles. The van der Waals surface area contributed by atoms with E-state index >= 15 is 0 Å². The van der Waals surface area contributed by atoms with Gasteiger partial charge in [-0.2, -0.15) is 0 Å². The molecule has 1 aromatic rings. The van der Waals surface area contributed by atoms with Crippen molar-refractivity contribution in [3.63, 3.8) is 0 Å². The van der Waals surface area contributed by atoms with Crippen LogP contribution in [0.4, 0.5) is 0 Å². The molecule has 1 heterocycles. The molecule has 8 heteroatoms. The molecule has 0 radical (unpaired) electrons. The van der Waals surface area contributed by atoms with Gasteiger partial charge in [-0.15, -0.1) is 0 Å². The van der Waals surface area contributed by atoms with E-state index in [4.69, 9.17) is 18.6 Å². The van der Waals surface area contributed by atoms with Gasteiger partial charge in [0.15, 0.2) is 5.92 Å². The smallest absolute Gasteiger partial charge is 0.324 e. The van der Waals surface area contributed by atoms with Gasteiger partial charge in [0.2, 0.25) is 0 Å². The van der Waals surface area contributed by atoms with Crippen LogP contribution in [0.3, 0.4) is 0 Å². The second kappa shape index (κ2) is 10.4. The van der Waals surface area contributed by atoms with Crippen molar-refractivity contribution in [2.75, 3.05) is 19.8 Å². The van der Waals surface area contributed by atoms with Gasteiger partial charge in [-0.3, -0.25) is 19.7 Å². The molecule has 134 valence electrons. The molecule has 0 unspecified atom stereocenters. The predicted molar refractivity (Wildman–Crippen MR) is 82.7 cm³/mol. The van der Waals surface area contributed by atoms with E-state index < -0.39 is 29.9 Å². The topological polar surface area (TPSA) is 104 Å². The van der Waals surface area contributed by atoms with Gasteiger partial charge in [0, 0.05) is 0 Å². The third-order valence-electron chi connectivity index (χ3n) is 3.03. The van der Waals surface area contributed by atoms with E-state index in [9.17, 15) is 14.4 Å². The quantitative estimate of drug-likeness (QED) is 0.382. The number of rotatable bonds is 10. The summed E-state index contributed by atoms with van der Waals surface area (Å²) in [4.78, 5) is 36.6. The first-order valence-corrected chi connectivity index (χ1v) is 7.80. The SMILES string of the molecule is CCOC(=O)C(C(=O)OCC)[C@H](NCc1ccco1)C(=O)OCC. The van der Waals surface area contributed by atoms with E-state index in [2.05, 4.69) is 5.32 Å². The minimum absolute atomic E-state index is 0.0719. The van der Waals surface area contributed by atoms with E-state index in [0.29, 0.717) is 5.76 Å². The van der Waals surface area contributed by atoms with Gasteiger partial charge < -0.3 is 18.6 Å². The van der Waals surface area contributed by atoms with E-state index in [1.807, 2.05) is 0 Å².